The van der Waals surface area contributed by atoms with Gasteiger partial charge in [0.05, 0.1) is 12.7 Å². The van der Waals surface area contributed by atoms with Crippen molar-refractivity contribution >= 4 is 5.69 Å². The van der Waals surface area contributed by atoms with Gasteiger partial charge in [0.1, 0.15) is 0 Å². The number of rotatable bonds is 3. The second-order valence-electron chi connectivity index (χ2n) is 2.79. The lowest BCUT2D eigenvalue weighted by Crippen LogP contribution is -2.18. The van der Waals surface area contributed by atoms with Crippen molar-refractivity contribution in [1.82, 2.24) is 4.98 Å². The fourth-order valence-corrected chi connectivity index (χ4v) is 1.09. The van der Waals surface area contributed by atoms with Gasteiger partial charge in [-0.1, -0.05) is 0 Å². The second-order valence-corrected chi connectivity index (χ2v) is 2.79. The summed E-state index contributed by atoms with van der Waals surface area (Å²) < 4.78 is 44.1. The van der Waals surface area contributed by atoms with Gasteiger partial charge in [0, 0.05) is 18.3 Å². The van der Waals surface area contributed by atoms with Gasteiger partial charge in [0.15, 0.2) is 0 Å². The van der Waals surface area contributed by atoms with Crippen LogP contribution in [0.2, 0.25) is 0 Å². The standard InChI is InChI=1S/C8H10F3N3O2/c1-15-7-4(3-12)5(13)2-6(14-7)16-8(9,10)11/h2H,3,12H2,1H3,(H2,13,14). The van der Waals surface area contributed by atoms with Gasteiger partial charge in [0.25, 0.3) is 0 Å². The van der Waals surface area contributed by atoms with E-state index in [2.05, 4.69) is 9.72 Å². The number of aromatic nitrogens is 1. The molecule has 0 aromatic carbocycles. The Balaban J connectivity index is 3.10. The Morgan fingerprint density at radius 3 is 2.50 bits per heavy atom. The minimum atomic E-state index is -4.82. The van der Waals surface area contributed by atoms with Crippen molar-refractivity contribution < 1.29 is 22.6 Å². The Kier molecular flexibility index (Phi) is 3.43. The number of nitrogens with zero attached hydrogens (tertiary/aromatic N) is 1. The van der Waals surface area contributed by atoms with E-state index in [0.717, 1.165) is 6.07 Å². The molecule has 0 amide bonds. The van der Waals surface area contributed by atoms with Gasteiger partial charge in [-0.15, -0.1) is 13.2 Å². The summed E-state index contributed by atoms with van der Waals surface area (Å²) in [6, 6.07) is 0.943. The molecule has 1 rings (SSSR count). The van der Waals surface area contributed by atoms with Gasteiger partial charge < -0.3 is 20.9 Å². The van der Waals surface area contributed by atoms with E-state index in [4.69, 9.17) is 16.2 Å². The van der Waals surface area contributed by atoms with Crippen molar-refractivity contribution in [3.63, 3.8) is 0 Å². The average Bonchev–Trinajstić information content (AvgIpc) is 2.14. The Hall–Kier alpha value is -1.70. The molecule has 0 saturated carbocycles. The quantitative estimate of drug-likeness (QED) is 0.820. The first-order valence-corrected chi connectivity index (χ1v) is 4.16. The summed E-state index contributed by atoms with van der Waals surface area (Å²) in [5, 5.41) is 0. The molecule has 5 nitrogen and oxygen atoms in total. The third-order valence-corrected chi connectivity index (χ3v) is 1.72. The van der Waals surface area contributed by atoms with Crippen LogP contribution in [0.1, 0.15) is 5.56 Å². The monoisotopic (exact) mass is 237 g/mol. The first-order valence-electron chi connectivity index (χ1n) is 4.16. The van der Waals surface area contributed by atoms with Crippen LogP contribution in [0.3, 0.4) is 0 Å². The number of hydrogen-bond acceptors (Lipinski definition) is 5. The highest BCUT2D eigenvalue weighted by Gasteiger charge is 2.32. The first kappa shape index (κ1) is 12.4. The van der Waals surface area contributed by atoms with Crippen LogP contribution < -0.4 is 20.9 Å². The van der Waals surface area contributed by atoms with Crippen LogP contribution in [0.4, 0.5) is 18.9 Å². The number of methoxy groups -OCH3 is 1. The highest BCUT2D eigenvalue weighted by Crippen LogP contribution is 2.29. The molecule has 0 fully saturated rings. The Bertz CT molecular complexity index is 382. The maximum atomic E-state index is 11.9. The average molecular weight is 237 g/mol. The maximum Gasteiger partial charge on any atom is 0.574 e. The third kappa shape index (κ3) is 2.89. The zero-order valence-corrected chi connectivity index (χ0v) is 8.34. The van der Waals surface area contributed by atoms with Crippen molar-refractivity contribution in [2.75, 3.05) is 12.8 Å². The summed E-state index contributed by atoms with van der Waals surface area (Å²) in [6.07, 6.45) is -4.82. The van der Waals surface area contributed by atoms with Crippen molar-refractivity contribution in [2.45, 2.75) is 12.9 Å². The number of anilines is 1. The van der Waals surface area contributed by atoms with Crippen LogP contribution in [0.5, 0.6) is 11.8 Å². The number of ether oxygens (including phenoxy) is 2. The van der Waals surface area contributed by atoms with E-state index in [-0.39, 0.29) is 18.1 Å². The first-order chi connectivity index (χ1) is 7.37. The molecule has 8 heteroatoms. The molecule has 0 aliphatic carbocycles. The Morgan fingerprint density at radius 2 is 2.06 bits per heavy atom. The third-order valence-electron chi connectivity index (χ3n) is 1.72. The molecule has 0 saturated heterocycles. The van der Waals surface area contributed by atoms with E-state index in [9.17, 15) is 13.2 Å². The van der Waals surface area contributed by atoms with E-state index in [1.807, 2.05) is 0 Å². The maximum absolute atomic E-state index is 11.9. The van der Waals surface area contributed by atoms with E-state index >= 15 is 0 Å². The van der Waals surface area contributed by atoms with Crippen LogP contribution in [0.25, 0.3) is 0 Å². The lowest BCUT2D eigenvalue weighted by atomic mass is 10.2. The van der Waals surface area contributed by atoms with E-state index in [0.29, 0.717) is 5.56 Å². The summed E-state index contributed by atoms with van der Waals surface area (Å²) in [6.45, 7) is 0.00824. The van der Waals surface area contributed by atoms with Gasteiger partial charge in [-0.05, 0) is 0 Å². The molecule has 90 valence electrons. The van der Waals surface area contributed by atoms with Crippen molar-refractivity contribution in [2.24, 2.45) is 5.73 Å². The summed E-state index contributed by atoms with van der Waals surface area (Å²) in [7, 11) is 1.25. The van der Waals surface area contributed by atoms with Crippen molar-refractivity contribution in [3.05, 3.63) is 11.6 Å². The zero-order valence-electron chi connectivity index (χ0n) is 8.34. The molecule has 4 N–H and O–H groups in total. The zero-order chi connectivity index (χ0) is 12.3. The van der Waals surface area contributed by atoms with Crippen LogP contribution in [0, 0.1) is 0 Å². The van der Waals surface area contributed by atoms with Crippen LogP contribution >= 0.6 is 0 Å². The van der Waals surface area contributed by atoms with Gasteiger partial charge in [0.2, 0.25) is 11.8 Å². The normalized spacial score (nSPS) is 11.3. The topological polar surface area (TPSA) is 83.4 Å². The predicted molar refractivity (Wildman–Crippen MR) is 49.8 cm³/mol. The number of halogens is 3. The molecule has 0 bridgehead atoms. The summed E-state index contributed by atoms with van der Waals surface area (Å²) in [4.78, 5) is 3.48. The Labute approximate surface area is 89.1 Å². The number of nitrogens with two attached hydrogens (primary N) is 2. The smallest absolute Gasteiger partial charge is 0.481 e. The molecule has 16 heavy (non-hydrogen) atoms. The molecule has 0 radical (unpaired) electrons. The number of alkyl halides is 3. The minimum Gasteiger partial charge on any atom is -0.481 e. The molecule has 1 heterocycles. The summed E-state index contributed by atoms with van der Waals surface area (Å²) >= 11 is 0. The predicted octanol–water partition coefficient (Wildman–Crippen LogP) is 1.03. The van der Waals surface area contributed by atoms with Crippen LogP contribution in [-0.2, 0) is 6.54 Å². The minimum absolute atomic E-state index is 0.00824. The van der Waals surface area contributed by atoms with Gasteiger partial charge >= 0.3 is 6.36 Å². The van der Waals surface area contributed by atoms with Crippen LogP contribution in [0.15, 0.2) is 6.07 Å². The lowest BCUT2D eigenvalue weighted by Gasteiger charge is -2.12. The molecule has 0 aliphatic heterocycles. The lowest BCUT2D eigenvalue weighted by molar-refractivity contribution is -0.276. The molecular weight excluding hydrogens is 227 g/mol. The highest BCUT2D eigenvalue weighted by atomic mass is 19.4. The second kappa shape index (κ2) is 4.44. The summed E-state index contributed by atoms with van der Waals surface area (Å²) in [5.41, 5.74) is 11.2. The molecule has 1 aromatic rings. The molecular formula is C8H10F3N3O2. The largest absolute Gasteiger partial charge is 0.574 e. The highest BCUT2D eigenvalue weighted by molar-refractivity contribution is 5.54. The SMILES string of the molecule is COc1nc(OC(F)(F)F)cc(N)c1CN. The van der Waals surface area contributed by atoms with Crippen molar-refractivity contribution in [1.29, 1.82) is 0 Å². The molecule has 1 aromatic heterocycles. The number of hydrogen-bond donors (Lipinski definition) is 2. The van der Waals surface area contributed by atoms with E-state index in [1.165, 1.54) is 7.11 Å². The van der Waals surface area contributed by atoms with E-state index in [1.54, 1.807) is 0 Å². The molecule has 0 unspecified atom stereocenters. The van der Waals surface area contributed by atoms with Gasteiger partial charge in [-0.25, -0.2) is 0 Å². The number of pyridine rings is 1. The van der Waals surface area contributed by atoms with Crippen molar-refractivity contribution in [3.8, 4) is 11.8 Å². The van der Waals surface area contributed by atoms with Crippen LogP contribution in [-0.4, -0.2) is 18.5 Å². The molecule has 0 atom stereocenters. The van der Waals surface area contributed by atoms with Gasteiger partial charge in [-0.2, -0.15) is 4.98 Å². The molecule has 0 aliphatic rings. The fraction of sp³-hybridized carbons (Fsp3) is 0.375. The number of nitrogen functional groups attached to an aromatic ring is 1. The summed E-state index contributed by atoms with van der Waals surface area (Å²) in [5.74, 6) is -0.763. The molecule has 0 spiro atoms. The fourth-order valence-electron chi connectivity index (χ4n) is 1.09. The van der Waals surface area contributed by atoms with E-state index < -0.39 is 12.2 Å². The van der Waals surface area contributed by atoms with Gasteiger partial charge in [-0.3, -0.25) is 0 Å². The Morgan fingerprint density at radius 1 is 1.44 bits per heavy atom.